The molecule has 1 aromatic rings. The number of rotatable bonds is 3. The van der Waals surface area contributed by atoms with E-state index < -0.39 is 34.5 Å². The normalized spacial score (nSPS) is 13.1. The number of aliphatic hydroxyl groups excluding tert-OH is 1. The zero-order valence-corrected chi connectivity index (χ0v) is 10.3. The summed E-state index contributed by atoms with van der Waals surface area (Å²) in [6.45, 7) is 2.73. The topological polar surface area (TPSA) is 46.2 Å². The van der Waals surface area contributed by atoms with Crippen LogP contribution in [0.4, 0.5) is 13.2 Å². The minimum absolute atomic E-state index is 0. The third kappa shape index (κ3) is 3.12. The van der Waals surface area contributed by atoms with Gasteiger partial charge in [-0.3, -0.25) is 0 Å². The molecule has 0 aliphatic rings. The Balaban J connectivity index is 0.00000256. The second-order valence-electron chi connectivity index (χ2n) is 4.38. The van der Waals surface area contributed by atoms with Gasteiger partial charge < -0.3 is 10.8 Å². The Labute approximate surface area is 104 Å². The van der Waals surface area contributed by atoms with Crippen molar-refractivity contribution in [1.29, 1.82) is 0 Å². The number of hydrogen-bond donors (Lipinski definition) is 2. The molecule has 0 aliphatic heterocycles. The summed E-state index contributed by atoms with van der Waals surface area (Å²) in [5.74, 6) is -3.36. The molecule has 1 aromatic carbocycles. The Morgan fingerprint density at radius 2 is 1.71 bits per heavy atom. The number of halogens is 4. The molecule has 0 fully saturated rings. The van der Waals surface area contributed by atoms with Crippen molar-refractivity contribution in [3.05, 3.63) is 35.1 Å². The van der Waals surface area contributed by atoms with Crippen molar-refractivity contribution in [2.24, 2.45) is 11.1 Å². The van der Waals surface area contributed by atoms with Gasteiger partial charge in [0.25, 0.3) is 0 Å². The van der Waals surface area contributed by atoms with Crippen LogP contribution >= 0.6 is 12.4 Å². The molecule has 0 unspecified atom stereocenters. The number of benzene rings is 1. The van der Waals surface area contributed by atoms with Crippen LogP contribution in [0.3, 0.4) is 0 Å². The largest absolute Gasteiger partial charge is 0.396 e. The Hall–Kier alpha value is -0.780. The summed E-state index contributed by atoms with van der Waals surface area (Å²) < 4.78 is 39.7. The number of hydrogen-bond acceptors (Lipinski definition) is 2. The van der Waals surface area contributed by atoms with E-state index in [1.165, 1.54) is 0 Å². The molecular weight excluding hydrogens is 255 g/mol. The highest BCUT2D eigenvalue weighted by Gasteiger charge is 2.32. The minimum atomic E-state index is -1.30. The van der Waals surface area contributed by atoms with Crippen molar-refractivity contribution in [2.45, 2.75) is 19.9 Å². The Kier molecular flexibility index (Phi) is 5.45. The van der Waals surface area contributed by atoms with Gasteiger partial charge in [0, 0.05) is 23.6 Å². The molecule has 6 heteroatoms. The predicted molar refractivity (Wildman–Crippen MR) is 61.4 cm³/mol. The lowest BCUT2D eigenvalue weighted by Crippen LogP contribution is -2.34. The smallest absolute Gasteiger partial charge is 0.166 e. The van der Waals surface area contributed by atoms with Crippen LogP contribution in [0.15, 0.2) is 12.1 Å². The zero-order chi connectivity index (χ0) is 12.5. The van der Waals surface area contributed by atoms with E-state index in [1.807, 2.05) is 0 Å². The number of aliphatic hydroxyl groups is 1. The van der Waals surface area contributed by atoms with Crippen LogP contribution in [-0.2, 0) is 0 Å². The third-order valence-corrected chi connectivity index (χ3v) is 2.64. The fourth-order valence-electron chi connectivity index (χ4n) is 1.32. The van der Waals surface area contributed by atoms with E-state index in [9.17, 15) is 13.2 Å². The Morgan fingerprint density at radius 1 is 1.24 bits per heavy atom. The van der Waals surface area contributed by atoms with Crippen molar-refractivity contribution >= 4 is 12.4 Å². The quantitative estimate of drug-likeness (QED) is 0.829. The molecular formula is C11H15ClF3NO. The maximum Gasteiger partial charge on any atom is 0.166 e. The summed E-state index contributed by atoms with van der Waals surface area (Å²) in [5, 5.41) is 9.06. The van der Waals surface area contributed by atoms with Gasteiger partial charge in [0.1, 0.15) is 5.82 Å². The third-order valence-electron chi connectivity index (χ3n) is 2.64. The fraction of sp³-hybridized carbons (Fsp3) is 0.455. The summed E-state index contributed by atoms with van der Waals surface area (Å²) in [7, 11) is 0. The van der Waals surface area contributed by atoms with Gasteiger partial charge in [-0.25, -0.2) is 13.2 Å². The molecule has 98 valence electrons. The second-order valence-corrected chi connectivity index (χ2v) is 4.38. The van der Waals surface area contributed by atoms with Gasteiger partial charge in [0.05, 0.1) is 0 Å². The molecule has 2 nitrogen and oxygen atoms in total. The standard InChI is InChI=1S/C11H14F3NO.ClH/c1-11(2,5-16)10(15)8-6(12)3-4-7(13)9(8)14;/h3-4,10,16H,5,15H2,1-2H3;1H/t10-;/m0./s1. The molecule has 0 bridgehead atoms. The molecule has 0 amide bonds. The molecule has 0 radical (unpaired) electrons. The van der Waals surface area contributed by atoms with E-state index in [2.05, 4.69) is 0 Å². The average molecular weight is 270 g/mol. The summed E-state index contributed by atoms with van der Waals surface area (Å²) >= 11 is 0. The maximum absolute atomic E-state index is 13.4. The van der Waals surface area contributed by atoms with Crippen molar-refractivity contribution in [3.8, 4) is 0 Å². The van der Waals surface area contributed by atoms with Gasteiger partial charge in [0.2, 0.25) is 0 Å². The highest BCUT2D eigenvalue weighted by Crippen LogP contribution is 2.34. The molecule has 0 spiro atoms. The van der Waals surface area contributed by atoms with E-state index in [0.717, 1.165) is 6.07 Å². The minimum Gasteiger partial charge on any atom is -0.396 e. The summed E-state index contributed by atoms with van der Waals surface area (Å²) in [4.78, 5) is 0. The first-order chi connectivity index (χ1) is 7.31. The van der Waals surface area contributed by atoms with Crippen LogP contribution in [-0.4, -0.2) is 11.7 Å². The van der Waals surface area contributed by atoms with E-state index in [0.29, 0.717) is 6.07 Å². The lowest BCUT2D eigenvalue weighted by molar-refractivity contribution is 0.128. The van der Waals surface area contributed by atoms with Gasteiger partial charge in [-0.15, -0.1) is 12.4 Å². The van der Waals surface area contributed by atoms with Crippen LogP contribution in [0.1, 0.15) is 25.5 Å². The van der Waals surface area contributed by atoms with Crippen LogP contribution in [0, 0.1) is 22.9 Å². The van der Waals surface area contributed by atoms with Gasteiger partial charge in [-0.05, 0) is 12.1 Å². The lowest BCUT2D eigenvalue weighted by atomic mass is 9.81. The van der Waals surface area contributed by atoms with E-state index in [1.54, 1.807) is 13.8 Å². The van der Waals surface area contributed by atoms with Gasteiger partial charge in [-0.2, -0.15) is 0 Å². The lowest BCUT2D eigenvalue weighted by Gasteiger charge is -2.30. The second kappa shape index (κ2) is 5.71. The fourth-order valence-corrected chi connectivity index (χ4v) is 1.32. The van der Waals surface area contributed by atoms with Crippen molar-refractivity contribution in [2.75, 3.05) is 6.61 Å². The molecule has 0 saturated carbocycles. The molecule has 3 N–H and O–H groups in total. The Bertz CT molecular complexity index is 399. The highest BCUT2D eigenvalue weighted by molar-refractivity contribution is 5.85. The average Bonchev–Trinajstić information content (AvgIpc) is 2.24. The number of nitrogens with two attached hydrogens (primary N) is 1. The van der Waals surface area contributed by atoms with Crippen LogP contribution in [0.25, 0.3) is 0 Å². The molecule has 1 atom stereocenters. The molecule has 0 heterocycles. The first-order valence-corrected chi connectivity index (χ1v) is 4.81. The van der Waals surface area contributed by atoms with Crippen molar-refractivity contribution in [3.63, 3.8) is 0 Å². The van der Waals surface area contributed by atoms with Crippen molar-refractivity contribution < 1.29 is 18.3 Å². The summed E-state index contributed by atoms with van der Waals surface area (Å²) in [5.41, 5.74) is 4.18. The molecule has 17 heavy (non-hydrogen) atoms. The van der Waals surface area contributed by atoms with Gasteiger partial charge >= 0.3 is 0 Å². The Morgan fingerprint density at radius 3 is 2.18 bits per heavy atom. The SMILES string of the molecule is CC(C)(CO)[C@@H](N)c1c(F)ccc(F)c1F.Cl. The predicted octanol–water partition coefficient (Wildman–Crippen LogP) is 2.54. The van der Waals surface area contributed by atoms with Crippen molar-refractivity contribution in [1.82, 2.24) is 0 Å². The van der Waals surface area contributed by atoms with Gasteiger partial charge in [0.15, 0.2) is 11.6 Å². The maximum atomic E-state index is 13.4. The van der Waals surface area contributed by atoms with Crippen LogP contribution in [0.5, 0.6) is 0 Å². The highest BCUT2D eigenvalue weighted by atomic mass is 35.5. The van der Waals surface area contributed by atoms with Gasteiger partial charge in [-0.1, -0.05) is 13.8 Å². The summed E-state index contributed by atoms with van der Waals surface area (Å²) in [6, 6.07) is 0.404. The van der Waals surface area contributed by atoms with E-state index in [4.69, 9.17) is 10.8 Å². The summed E-state index contributed by atoms with van der Waals surface area (Å²) in [6.07, 6.45) is 0. The van der Waals surface area contributed by atoms with Crippen LogP contribution < -0.4 is 5.73 Å². The molecule has 0 saturated heterocycles. The molecule has 1 rings (SSSR count). The van der Waals surface area contributed by atoms with E-state index >= 15 is 0 Å². The first kappa shape index (κ1) is 16.2. The monoisotopic (exact) mass is 269 g/mol. The molecule has 0 aromatic heterocycles. The first-order valence-electron chi connectivity index (χ1n) is 4.81. The van der Waals surface area contributed by atoms with Crippen LogP contribution in [0.2, 0.25) is 0 Å². The molecule has 0 aliphatic carbocycles. The zero-order valence-electron chi connectivity index (χ0n) is 9.51. The van der Waals surface area contributed by atoms with E-state index in [-0.39, 0.29) is 19.0 Å².